The molecule has 3 N–H and O–H groups in total. The van der Waals surface area contributed by atoms with E-state index in [-0.39, 0.29) is 5.82 Å². The van der Waals surface area contributed by atoms with Crippen LogP contribution in [0.1, 0.15) is 24.1 Å². The smallest absolute Gasteiger partial charge is 0.182 e. The molecular formula is C22H18N6O. The first-order chi connectivity index (χ1) is 13.9. The molecule has 0 saturated heterocycles. The standard InChI is InChI=1S/C22H18N6O/c1-14-26-18-8-7-17(28-19(18)20(23)27-14)16-6-3-5-15(13-16)9-10-22(2,29)21-24-11-4-12-25-21/h3-8,11-13,29H,1-2H3,(H2,23,26,27)/t22-/m0/s1. The molecule has 3 aromatic heterocycles. The number of pyridine rings is 1. The summed E-state index contributed by atoms with van der Waals surface area (Å²) in [5.74, 6) is 7.04. The lowest BCUT2D eigenvalue weighted by Crippen LogP contribution is -2.21. The minimum Gasteiger partial charge on any atom is -0.382 e. The van der Waals surface area contributed by atoms with E-state index in [9.17, 15) is 5.11 Å². The quantitative estimate of drug-likeness (QED) is 0.513. The normalized spacial score (nSPS) is 12.8. The minimum absolute atomic E-state index is 0.255. The van der Waals surface area contributed by atoms with Gasteiger partial charge in [0.25, 0.3) is 0 Å². The molecule has 0 unspecified atom stereocenters. The second kappa shape index (κ2) is 7.26. The Morgan fingerprint density at radius 1 is 1.00 bits per heavy atom. The highest BCUT2D eigenvalue weighted by Crippen LogP contribution is 2.23. The zero-order valence-corrected chi connectivity index (χ0v) is 16.0. The van der Waals surface area contributed by atoms with Crippen molar-refractivity contribution >= 4 is 16.9 Å². The van der Waals surface area contributed by atoms with E-state index in [1.54, 1.807) is 32.3 Å². The predicted molar refractivity (Wildman–Crippen MR) is 110 cm³/mol. The number of fused-ring (bicyclic) bond motifs is 1. The summed E-state index contributed by atoms with van der Waals surface area (Å²) >= 11 is 0. The Kier molecular flexibility index (Phi) is 4.63. The molecule has 0 fully saturated rings. The molecule has 3 heterocycles. The Bertz CT molecular complexity index is 1260. The molecule has 0 spiro atoms. The van der Waals surface area contributed by atoms with Crippen LogP contribution in [0.5, 0.6) is 0 Å². The topological polar surface area (TPSA) is 111 Å². The summed E-state index contributed by atoms with van der Waals surface area (Å²) in [6, 6.07) is 13.0. The van der Waals surface area contributed by atoms with Crippen molar-refractivity contribution in [1.82, 2.24) is 24.9 Å². The fourth-order valence-electron chi connectivity index (χ4n) is 2.87. The predicted octanol–water partition coefficient (Wildman–Crippen LogP) is 2.63. The molecule has 4 aromatic rings. The number of aromatic nitrogens is 5. The van der Waals surface area contributed by atoms with E-state index in [2.05, 4.69) is 36.8 Å². The molecule has 0 bridgehead atoms. The fraction of sp³-hybridized carbons (Fsp3) is 0.136. The summed E-state index contributed by atoms with van der Waals surface area (Å²) in [5, 5.41) is 10.6. The number of anilines is 1. The third kappa shape index (κ3) is 3.88. The number of hydrogen-bond acceptors (Lipinski definition) is 7. The van der Waals surface area contributed by atoms with Gasteiger partial charge in [-0.1, -0.05) is 24.0 Å². The van der Waals surface area contributed by atoms with Gasteiger partial charge in [0, 0.05) is 23.5 Å². The van der Waals surface area contributed by atoms with Crippen LogP contribution in [-0.2, 0) is 5.60 Å². The van der Waals surface area contributed by atoms with Gasteiger partial charge in [-0.3, -0.25) is 0 Å². The molecule has 7 heteroatoms. The van der Waals surface area contributed by atoms with Crippen LogP contribution in [0, 0.1) is 18.8 Å². The van der Waals surface area contributed by atoms with E-state index < -0.39 is 5.60 Å². The molecule has 0 amide bonds. The number of rotatable bonds is 2. The number of nitrogen functional groups attached to an aromatic ring is 1. The summed E-state index contributed by atoms with van der Waals surface area (Å²) in [6.07, 6.45) is 3.14. The van der Waals surface area contributed by atoms with Crippen molar-refractivity contribution < 1.29 is 5.11 Å². The van der Waals surface area contributed by atoms with E-state index in [0.717, 1.165) is 16.8 Å². The first-order valence-corrected chi connectivity index (χ1v) is 8.97. The molecule has 1 aromatic carbocycles. The first kappa shape index (κ1) is 18.5. The zero-order valence-electron chi connectivity index (χ0n) is 16.0. The lowest BCUT2D eigenvalue weighted by atomic mass is 10.0. The largest absolute Gasteiger partial charge is 0.382 e. The average Bonchev–Trinajstić information content (AvgIpc) is 2.73. The molecule has 7 nitrogen and oxygen atoms in total. The van der Waals surface area contributed by atoms with Crippen LogP contribution < -0.4 is 5.73 Å². The highest BCUT2D eigenvalue weighted by Gasteiger charge is 2.23. The Balaban J connectivity index is 1.69. The van der Waals surface area contributed by atoms with Crippen LogP contribution in [0.4, 0.5) is 5.82 Å². The Labute approximate surface area is 167 Å². The van der Waals surface area contributed by atoms with Crippen molar-refractivity contribution in [2.45, 2.75) is 19.4 Å². The van der Waals surface area contributed by atoms with E-state index >= 15 is 0 Å². The van der Waals surface area contributed by atoms with Gasteiger partial charge in [-0.05, 0) is 44.2 Å². The van der Waals surface area contributed by atoms with Crippen LogP contribution in [0.25, 0.3) is 22.3 Å². The van der Waals surface area contributed by atoms with Gasteiger partial charge in [-0.2, -0.15) is 0 Å². The van der Waals surface area contributed by atoms with Gasteiger partial charge in [0.1, 0.15) is 11.3 Å². The van der Waals surface area contributed by atoms with Gasteiger partial charge in [0.2, 0.25) is 0 Å². The van der Waals surface area contributed by atoms with E-state index in [1.165, 1.54) is 0 Å². The lowest BCUT2D eigenvalue weighted by Gasteiger charge is -2.13. The van der Waals surface area contributed by atoms with Gasteiger partial charge in [-0.15, -0.1) is 0 Å². The van der Waals surface area contributed by atoms with E-state index in [4.69, 9.17) is 5.73 Å². The minimum atomic E-state index is -1.46. The summed E-state index contributed by atoms with van der Waals surface area (Å²) in [7, 11) is 0. The summed E-state index contributed by atoms with van der Waals surface area (Å²) in [6.45, 7) is 3.36. The van der Waals surface area contributed by atoms with Crippen LogP contribution >= 0.6 is 0 Å². The Morgan fingerprint density at radius 3 is 2.59 bits per heavy atom. The number of nitrogens with two attached hydrogens (primary N) is 1. The molecular weight excluding hydrogens is 364 g/mol. The molecule has 4 rings (SSSR count). The Morgan fingerprint density at radius 2 is 1.79 bits per heavy atom. The van der Waals surface area contributed by atoms with Gasteiger partial charge < -0.3 is 10.8 Å². The molecule has 29 heavy (non-hydrogen) atoms. The third-order valence-electron chi connectivity index (χ3n) is 4.29. The molecule has 0 aliphatic rings. The van der Waals surface area contributed by atoms with Gasteiger partial charge in [0.15, 0.2) is 17.2 Å². The summed E-state index contributed by atoms with van der Waals surface area (Å²) < 4.78 is 0. The number of hydrogen-bond donors (Lipinski definition) is 2. The second-order valence-electron chi connectivity index (χ2n) is 6.70. The monoisotopic (exact) mass is 382 g/mol. The highest BCUT2D eigenvalue weighted by molar-refractivity contribution is 5.86. The van der Waals surface area contributed by atoms with Crippen molar-refractivity contribution in [3.8, 4) is 23.1 Å². The fourth-order valence-corrected chi connectivity index (χ4v) is 2.87. The average molecular weight is 382 g/mol. The highest BCUT2D eigenvalue weighted by atomic mass is 16.3. The molecule has 0 saturated carbocycles. The number of benzene rings is 1. The maximum atomic E-state index is 10.6. The van der Waals surface area contributed by atoms with Crippen LogP contribution in [-0.4, -0.2) is 30.0 Å². The van der Waals surface area contributed by atoms with Crippen molar-refractivity contribution in [3.05, 3.63) is 72.1 Å². The lowest BCUT2D eigenvalue weighted by molar-refractivity contribution is 0.112. The SMILES string of the molecule is Cc1nc(N)c2nc(-c3cccc(C#C[C@](C)(O)c4ncccn4)c3)ccc2n1. The number of aryl methyl sites for hydroxylation is 1. The third-order valence-corrected chi connectivity index (χ3v) is 4.29. The molecule has 0 aliphatic carbocycles. The van der Waals surface area contributed by atoms with Gasteiger partial charge in [-0.25, -0.2) is 24.9 Å². The summed E-state index contributed by atoms with van der Waals surface area (Å²) in [5.41, 5.74) is 8.15. The van der Waals surface area contributed by atoms with Crippen molar-refractivity contribution in [2.75, 3.05) is 5.73 Å². The first-order valence-electron chi connectivity index (χ1n) is 8.97. The zero-order chi connectivity index (χ0) is 20.4. The molecule has 0 radical (unpaired) electrons. The van der Waals surface area contributed by atoms with Crippen LogP contribution in [0.15, 0.2) is 54.9 Å². The molecule has 1 atom stereocenters. The molecule has 142 valence electrons. The second-order valence-corrected chi connectivity index (χ2v) is 6.70. The number of aliphatic hydroxyl groups is 1. The van der Waals surface area contributed by atoms with Crippen LogP contribution in [0.3, 0.4) is 0 Å². The Hall–Kier alpha value is -3.89. The van der Waals surface area contributed by atoms with Crippen molar-refractivity contribution in [1.29, 1.82) is 0 Å². The number of nitrogens with zero attached hydrogens (tertiary/aromatic N) is 5. The van der Waals surface area contributed by atoms with Crippen molar-refractivity contribution in [2.24, 2.45) is 0 Å². The summed E-state index contributed by atoms with van der Waals surface area (Å²) in [4.78, 5) is 21.3. The maximum Gasteiger partial charge on any atom is 0.182 e. The van der Waals surface area contributed by atoms with E-state index in [0.29, 0.717) is 22.7 Å². The molecule has 0 aliphatic heterocycles. The van der Waals surface area contributed by atoms with E-state index in [1.807, 2.05) is 36.4 Å². The van der Waals surface area contributed by atoms with Crippen molar-refractivity contribution in [3.63, 3.8) is 0 Å². The van der Waals surface area contributed by atoms with Crippen LogP contribution in [0.2, 0.25) is 0 Å². The van der Waals surface area contributed by atoms with Gasteiger partial charge >= 0.3 is 0 Å². The van der Waals surface area contributed by atoms with Gasteiger partial charge in [0.05, 0.1) is 11.2 Å². The maximum absolute atomic E-state index is 10.6.